The Hall–Kier alpha value is -1.76. The highest BCUT2D eigenvalue weighted by Gasteiger charge is 2.08. The van der Waals surface area contributed by atoms with Crippen LogP contribution in [0.25, 0.3) is 0 Å². The lowest BCUT2D eigenvalue weighted by atomic mass is 10.2. The molecule has 1 N–H and O–H groups in total. The van der Waals surface area contributed by atoms with Gasteiger partial charge in [-0.2, -0.15) is 5.10 Å². The summed E-state index contributed by atoms with van der Waals surface area (Å²) in [5.41, 5.74) is 2.90. The molecule has 0 atom stereocenters. The van der Waals surface area contributed by atoms with Gasteiger partial charge in [-0.3, -0.25) is 4.79 Å². The van der Waals surface area contributed by atoms with Gasteiger partial charge in [0.15, 0.2) is 6.61 Å². The molecule has 2 aromatic carbocycles. The summed E-state index contributed by atoms with van der Waals surface area (Å²) in [6.07, 6.45) is 1.40. The molecule has 0 aliphatic rings. The lowest BCUT2D eigenvalue weighted by molar-refractivity contribution is -0.123. The van der Waals surface area contributed by atoms with Crippen LogP contribution in [0.5, 0.6) is 11.5 Å². The smallest absolute Gasteiger partial charge is 0.277 e. The highest BCUT2D eigenvalue weighted by atomic mass is 79.9. The number of nitrogens with one attached hydrogen (secondary N) is 1. The van der Waals surface area contributed by atoms with Crippen LogP contribution in [0.3, 0.4) is 0 Å². The van der Waals surface area contributed by atoms with Gasteiger partial charge in [-0.1, -0.05) is 39.1 Å². The van der Waals surface area contributed by atoms with Gasteiger partial charge in [0.1, 0.15) is 11.5 Å². The van der Waals surface area contributed by atoms with E-state index in [0.717, 1.165) is 4.47 Å². The molecule has 2 rings (SSSR count). The van der Waals surface area contributed by atoms with Crippen molar-refractivity contribution in [2.45, 2.75) is 0 Å². The predicted molar refractivity (Wildman–Crippen MR) is 98.4 cm³/mol. The van der Waals surface area contributed by atoms with Gasteiger partial charge in [0.25, 0.3) is 5.91 Å². The molecule has 0 fully saturated rings. The number of rotatable bonds is 6. The summed E-state index contributed by atoms with van der Waals surface area (Å²) < 4.78 is 11.4. The number of hydrogen-bond acceptors (Lipinski definition) is 4. The maximum absolute atomic E-state index is 11.7. The summed E-state index contributed by atoms with van der Waals surface area (Å²) in [6, 6.07) is 10.3. The van der Waals surface area contributed by atoms with E-state index in [1.807, 2.05) is 12.1 Å². The molecule has 0 saturated carbocycles. The number of hydrazone groups is 1. The number of ether oxygens (including phenoxy) is 2. The summed E-state index contributed by atoms with van der Waals surface area (Å²) in [6.45, 7) is -0.160. The van der Waals surface area contributed by atoms with Crippen LogP contribution in [0.15, 0.2) is 46.0 Å². The van der Waals surface area contributed by atoms with Crippen molar-refractivity contribution in [2.24, 2.45) is 5.10 Å². The molecular formula is C16H13BrCl2N2O3. The average molecular weight is 432 g/mol. The standard InChI is InChI=1S/C16H13BrCl2N2O3/c1-23-16-10(6-12(18)7-14(16)19)8-20-21-15(22)9-24-13-4-2-11(17)3-5-13/h2-8H,9H2,1H3,(H,21,22). The zero-order valence-corrected chi connectivity index (χ0v) is 15.7. The molecular weight excluding hydrogens is 419 g/mol. The monoisotopic (exact) mass is 430 g/mol. The van der Waals surface area contributed by atoms with Crippen molar-refractivity contribution in [3.63, 3.8) is 0 Å². The number of benzene rings is 2. The van der Waals surface area contributed by atoms with Gasteiger partial charge in [-0.15, -0.1) is 0 Å². The third kappa shape index (κ3) is 5.40. The van der Waals surface area contributed by atoms with Gasteiger partial charge in [0.2, 0.25) is 0 Å². The molecule has 0 saturated heterocycles. The van der Waals surface area contributed by atoms with Gasteiger partial charge in [0.05, 0.1) is 18.3 Å². The second-order valence-corrected chi connectivity index (χ2v) is 6.31. The molecule has 126 valence electrons. The number of halogens is 3. The molecule has 1 amide bonds. The Morgan fingerprint density at radius 2 is 2.00 bits per heavy atom. The van der Waals surface area contributed by atoms with E-state index in [1.54, 1.807) is 24.3 Å². The average Bonchev–Trinajstić information content (AvgIpc) is 2.54. The van der Waals surface area contributed by atoms with E-state index in [-0.39, 0.29) is 6.61 Å². The number of nitrogens with zero attached hydrogens (tertiary/aromatic N) is 1. The topological polar surface area (TPSA) is 59.9 Å². The first-order chi connectivity index (χ1) is 11.5. The van der Waals surface area contributed by atoms with Crippen molar-refractivity contribution in [1.29, 1.82) is 0 Å². The van der Waals surface area contributed by atoms with Gasteiger partial charge >= 0.3 is 0 Å². The van der Waals surface area contributed by atoms with E-state index in [1.165, 1.54) is 13.3 Å². The summed E-state index contributed by atoms with van der Waals surface area (Å²) in [4.78, 5) is 11.7. The first-order valence-electron chi connectivity index (χ1n) is 6.73. The SMILES string of the molecule is COc1c(Cl)cc(Cl)cc1C=NNC(=O)COc1ccc(Br)cc1. The highest BCUT2D eigenvalue weighted by molar-refractivity contribution is 9.10. The van der Waals surface area contributed by atoms with Crippen LogP contribution < -0.4 is 14.9 Å². The Morgan fingerprint density at radius 3 is 2.67 bits per heavy atom. The molecule has 5 nitrogen and oxygen atoms in total. The first kappa shape index (κ1) is 18.6. The summed E-state index contributed by atoms with van der Waals surface area (Å²) in [5.74, 6) is 0.604. The van der Waals surface area contributed by atoms with Crippen LogP contribution in [0.2, 0.25) is 10.0 Å². The minimum absolute atomic E-state index is 0.160. The zero-order chi connectivity index (χ0) is 17.5. The fraction of sp³-hybridized carbons (Fsp3) is 0.125. The lowest BCUT2D eigenvalue weighted by Crippen LogP contribution is -2.24. The molecule has 0 bridgehead atoms. The van der Waals surface area contributed by atoms with Crippen LogP contribution in [-0.4, -0.2) is 25.8 Å². The van der Waals surface area contributed by atoms with Crippen molar-refractivity contribution in [3.05, 3.63) is 56.5 Å². The van der Waals surface area contributed by atoms with Gasteiger partial charge < -0.3 is 9.47 Å². The van der Waals surface area contributed by atoms with Crippen molar-refractivity contribution in [1.82, 2.24) is 5.43 Å². The molecule has 0 aliphatic heterocycles. The van der Waals surface area contributed by atoms with Gasteiger partial charge in [0, 0.05) is 15.1 Å². The first-order valence-corrected chi connectivity index (χ1v) is 8.28. The molecule has 0 aliphatic carbocycles. The fourth-order valence-corrected chi connectivity index (χ4v) is 2.63. The molecule has 2 aromatic rings. The Bertz CT molecular complexity index is 752. The molecule has 8 heteroatoms. The van der Waals surface area contributed by atoms with E-state index in [9.17, 15) is 4.79 Å². The molecule has 0 spiro atoms. The highest BCUT2D eigenvalue weighted by Crippen LogP contribution is 2.31. The van der Waals surface area contributed by atoms with E-state index < -0.39 is 5.91 Å². The van der Waals surface area contributed by atoms with E-state index in [2.05, 4.69) is 26.5 Å². The third-order valence-electron chi connectivity index (χ3n) is 2.82. The van der Waals surface area contributed by atoms with E-state index >= 15 is 0 Å². The minimum Gasteiger partial charge on any atom is -0.495 e. The summed E-state index contributed by atoms with van der Waals surface area (Å²) in [5, 5.41) is 4.64. The van der Waals surface area contributed by atoms with Crippen molar-refractivity contribution < 1.29 is 14.3 Å². The molecule has 0 heterocycles. The van der Waals surface area contributed by atoms with Crippen LogP contribution in [-0.2, 0) is 4.79 Å². The molecule has 0 unspecified atom stereocenters. The molecule has 24 heavy (non-hydrogen) atoms. The van der Waals surface area contributed by atoms with Gasteiger partial charge in [-0.05, 0) is 36.4 Å². The van der Waals surface area contributed by atoms with Crippen LogP contribution >= 0.6 is 39.1 Å². The van der Waals surface area contributed by atoms with Crippen molar-refractivity contribution >= 4 is 51.3 Å². The summed E-state index contributed by atoms with van der Waals surface area (Å²) >= 11 is 15.3. The molecule has 0 radical (unpaired) electrons. The Balaban J connectivity index is 1.91. The maximum atomic E-state index is 11.7. The lowest BCUT2D eigenvalue weighted by Gasteiger charge is -2.07. The number of carbonyl (C=O) groups excluding carboxylic acids is 1. The minimum atomic E-state index is -0.402. The zero-order valence-electron chi connectivity index (χ0n) is 12.6. The second kappa shape index (κ2) is 8.92. The van der Waals surface area contributed by atoms with E-state index in [0.29, 0.717) is 27.1 Å². The normalized spacial score (nSPS) is 10.7. The van der Waals surface area contributed by atoms with Gasteiger partial charge in [-0.25, -0.2) is 5.43 Å². The Labute approximate surface area is 157 Å². The number of hydrogen-bond donors (Lipinski definition) is 1. The fourth-order valence-electron chi connectivity index (χ4n) is 1.78. The van der Waals surface area contributed by atoms with Crippen LogP contribution in [0.4, 0.5) is 0 Å². The van der Waals surface area contributed by atoms with Crippen molar-refractivity contribution in [3.8, 4) is 11.5 Å². The second-order valence-electron chi connectivity index (χ2n) is 4.55. The number of carbonyl (C=O) groups is 1. The quantitative estimate of drug-likeness (QED) is 0.548. The van der Waals surface area contributed by atoms with E-state index in [4.69, 9.17) is 32.7 Å². The number of methoxy groups -OCH3 is 1. The number of amides is 1. The van der Waals surface area contributed by atoms with Crippen LogP contribution in [0.1, 0.15) is 5.56 Å². The van der Waals surface area contributed by atoms with Crippen molar-refractivity contribution in [2.75, 3.05) is 13.7 Å². The Kier molecular flexibility index (Phi) is 6.90. The maximum Gasteiger partial charge on any atom is 0.277 e. The summed E-state index contributed by atoms with van der Waals surface area (Å²) in [7, 11) is 1.48. The predicted octanol–water partition coefficient (Wildman–Crippen LogP) is 4.29. The Morgan fingerprint density at radius 1 is 1.29 bits per heavy atom. The third-order valence-corrected chi connectivity index (χ3v) is 3.85. The molecule has 0 aromatic heterocycles. The largest absolute Gasteiger partial charge is 0.495 e. The van der Waals surface area contributed by atoms with Crippen LogP contribution in [0, 0.1) is 0 Å².